The molecule has 2 aromatic rings. The van der Waals surface area contributed by atoms with Gasteiger partial charge in [0.25, 0.3) is 0 Å². The van der Waals surface area contributed by atoms with Crippen molar-refractivity contribution in [3.05, 3.63) is 35.8 Å². The maximum atomic E-state index is 13.6. The molecule has 1 aromatic heterocycles. The topological polar surface area (TPSA) is 46.7 Å². The van der Waals surface area contributed by atoms with Crippen LogP contribution in [0.3, 0.4) is 0 Å². The summed E-state index contributed by atoms with van der Waals surface area (Å²) in [4.78, 5) is 13.1. The van der Waals surface area contributed by atoms with Gasteiger partial charge in [0.15, 0.2) is 5.96 Å². The molecule has 2 saturated heterocycles. The highest BCUT2D eigenvalue weighted by Gasteiger charge is 2.27. The van der Waals surface area contributed by atoms with E-state index in [-0.39, 0.29) is 5.82 Å². The maximum Gasteiger partial charge on any atom is 0.193 e. The number of nitrogens with one attached hydrogen (secondary N) is 2. The summed E-state index contributed by atoms with van der Waals surface area (Å²) < 4.78 is 13.6. The number of halogens is 1. The first-order chi connectivity index (χ1) is 13.7. The molecular formula is C22H32FN5. The minimum atomic E-state index is -0.189. The number of H-pyrrole nitrogens is 1. The van der Waals surface area contributed by atoms with Crippen LogP contribution in [0.15, 0.2) is 29.4 Å². The van der Waals surface area contributed by atoms with Gasteiger partial charge in [-0.1, -0.05) is 0 Å². The summed E-state index contributed by atoms with van der Waals surface area (Å²) in [5.41, 5.74) is 2.11. The summed E-state index contributed by atoms with van der Waals surface area (Å²) in [5, 5.41) is 4.42. The number of fused-ring (bicyclic) bond motifs is 1. The van der Waals surface area contributed by atoms with E-state index in [9.17, 15) is 4.39 Å². The Kier molecular flexibility index (Phi) is 6.15. The molecule has 0 bridgehead atoms. The van der Waals surface area contributed by atoms with Gasteiger partial charge in [0.05, 0.1) is 0 Å². The Hall–Kier alpha value is -2.08. The van der Waals surface area contributed by atoms with E-state index in [1.807, 2.05) is 6.20 Å². The van der Waals surface area contributed by atoms with E-state index in [1.54, 1.807) is 12.1 Å². The molecule has 0 spiro atoms. The van der Waals surface area contributed by atoms with E-state index >= 15 is 0 Å². The lowest BCUT2D eigenvalue weighted by atomic mass is 10.1. The fraction of sp³-hybridized carbons (Fsp3) is 0.591. The summed E-state index contributed by atoms with van der Waals surface area (Å²) in [6, 6.07) is 4.90. The Bertz CT molecular complexity index is 808. The van der Waals surface area contributed by atoms with Crippen LogP contribution in [0.2, 0.25) is 0 Å². The van der Waals surface area contributed by atoms with Crippen molar-refractivity contribution < 1.29 is 4.39 Å². The molecule has 28 heavy (non-hydrogen) atoms. The van der Waals surface area contributed by atoms with Crippen molar-refractivity contribution in [2.24, 2.45) is 10.9 Å². The molecule has 1 atom stereocenters. The van der Waals surface area contributed by atoms with Crippen molar-refractivity contribution >= 4 is 16.9 Å². The van der Waals surface area contributed by atoms with E-state index in [1.165, 1.54) is 45.0 Å². The molecule has 2 N–H and O–H groups in total. The first kappa shape index (κ1) is 19.2. The first-order valence-electron chi connectivity index (χ1n) is 10.7. The molecule has 152 valence electrons. The molecule has 4 rings (SSSR count). The van der Waals surface area contributed by atoms with Crippen LogP contribution >= 0.6 is 0 Å². The highest BCUT2D eigenvalue weighted by molar-refractivity contribution is 5.83. The second kappa shape index (κ2) is 8.95. The zero-order valence-corrected chi connectivity index (χ0v) is 16.9. The van der Waals surface area contributed by atoms with Crippen molar-refractivity contribution in [2.45, 2.75) is 32.6 Å². The predicted molar refractivity (Wildman–Crippen MR) is 113 cm³/mol. The highest BCUT2D eigenvalue weighted by atomic mass is 19.1. The van der Waals surface area contributed by atoms with Gasteiger partial charge in [0.2, 0.25) is 0 Å². The summed E-state index contributed by atoms with van der Waals surface area (Å²) >= 11 is 0. The van der Waals surface area contributed by atoms with Gasteiger partial charge in [-0.2, -0.15) is 0 Å². The van der Waals surface area contributed by atoms with Crippen molar-refractivity contribution in [1.29, 1.82) is 0 Å². The molecule has 0 radical (unpaired) electrons. The largest absolute Gasteiger partial charge is 0.361 e. The standard InChI is InChI=1S/C22H32FN5/c1-2-24-22(28-12-8-17(16-28)15-27-10-3-4-11-27)25-9-7-18-14-26-21-6-5-19(23)13-20(18)21/h5-6,13-14,17,26H,2-4,7-12,15-16H2,1H3,(H,24,25). The molecule has 1 aromatic carbocycles. The maximum absolute atomic E-state index is 13.6. The number of rotatable bonds is 6. The van der Waals surface area contributed by atoms with Gasteiger partial charge in [-0.25, -0.2) is 4.39 Å². The lowest BCUT2D eigenvalue weighted by Gasteiger charge is -2.23. The normalized spacial score (nSPS) is 21.1. The average Bonchev–Trinajstić information content (AvgIpc) is 3.43. The first-order valence-corrected chi connectivity index (χ1v) is 10.7. The molecule has 6 heteroatoms. The van der Waals surface area contributed by atoms with Crippen LogP contribution in [0.4, 0.5) is 4.39 Å². The quantitative estimate of drug-likeness (QED) is 0.593. The third-order valence-corrected chi connectivity index (χ3v) is 6.01. The van der Waals surface area contributed by atoms with E-state index < -0.39 is 0 Å². The lowest BCUT2D eigenvalue weighted by Crippen LogP contribution is -2.41. The number of aliphatic imine (C=N–C) groups is 1. The molecule has 2 aliphatic heterocycles. The molecule has 5 nitrogen and oxygen atoms in total. The summed E-state index contributed by atoms with van der Waals surface area (Å²) in [6.45, 7) is 9.67. The Morgan fingerprint density at radius 3 is 2.96 bits per heavy atom. The van der Waals surface area contributed by atoms with Crippen LogP contribution in [-0.4, -0.2) is 66.6 Å². The van der Waals surface area contributed by atoms with E-state index in [0.29, 0.717) is 6.54 Å². The zero-order valence-electron chi connectivity index (χ0n) is 16.9. The molecule has 0 saturated carbocycles. The van der Waals surface area contributed by atoms with Gasteiger partial charge in [0, 0.05) is 49.8 Å². The van der Waals surface area contributed by atoms with Crippen LogP contribution in [0.25, 0.3) is 10.9 Å². The minimum absolute atomic E-state index is 0.189. The molecule has 1 unspecified atom stereocenters. The monoisotopic (exact) mass is 385 g/mol. The molecule has 0 amide bonds. The minimum Gasteiger partial charge on any atom is -0.361 e. The van der Waals surface area contributed by atoms with Gasteiger partial charge in [-0.3, -0.25) is 4.99 Å². The third kappa shape index (κ3) is 4.49. The summed E-state index contributed by atoms with van der Waals surface area (Å²) in [7, 11) is 0. The van der Waals surface area contributed by atoms with Crippen molar-refractivity contribution in [3.63, 3.8) is 0 Å². The van der Waals surface area contributed by atoms with Crippen LogP contribution in [0, 0.1) is 11.7 Å². The van der Waals surface area contributed by atoms with Crippen LogP contribution in [-0.2, 0) is 6.42 Å². The second-order valence-electron chi connectivity index (χ2n) is 8.10. The van der Waals surface area contributed by atoms with Gasteiger partial charge < -0.3 is 20.1 Å². The Balaban J connectivity index is 1.35. The number of aromatic nitrogens is 1. The number of likely N-dealkylation sites (tertiary alicyclic amines) is 2. The molecular weight excluding hydrogens is 353 g/mol. The van der Waals surface area contributed by atoms with Gasteiger partial charge in [-0.15, -0.1) is 0 Å². The van der Waals surface area contributed by atoms with Gasteiger partial charge in [0.1, 0.15) is 5.82 Å². The highest BCUT2D eigenvalue weighted by Crippen LogP contribution is 2.21. The van der Waals surface area contributed by atoms with E-state index in [2.05, 4.69) is 27.0 Å². The van der Waals surface area contributed by atoms with E-state index in [0.717, 1.165) is 54.4 Å². The second-order valence-corrected chi connectivity index (χ2v) is 8.10. The number of nitrogens with zero attached hydrogens (tertiary/aromatic N) is 3. The summed E-state index contributed by atoms with van der Waals surface area (Å²) in [5.74, 6) is 1.59. The van der Waals surface area contributed by atoms with E-state index in [4.69, 9.17) is 4.99 Å². The van der Waals surface area contributed by atoms with Crippen LogP contribution in [0.5, 0.6) is 0 Å². The summed E-state index contributed by atoms with van der Waals surface area (Å²) in [6.07, 6.45) is 6.76. The van der Waals surface area contributed by atoms with Crippen LogP contribution < -0.4 is 5.32 Å². The number of benzene rings is 1. The van der Waals surface area contributed by atoms with Crippen LogP contribution in [0.1, 0.15) is 31.7 Å². The van der Waals surface area contributed by atoms with Gasteiger partial charge >= 0.3 is 0 Å². The Morgan fingerprint density at radius 2 is 2.14 bits per heavy atom. The van der Waals surface area contributed by atoms with Gasteiger partial charge in [-0.05, 0) is 75.4 Å². The van der Waals surface area contributed by atoms with Crippen molar-refractivity contribution in [2.75, 3.05) is 45.8 Å². The van der Waals surface area contributed by atoms with Crippen molar-refractivity contribution in [3.8, 4) is 0 Å². The third-order valence-electron chi connectivity index (χ3n) is 6.01. The number of hydrogen-bond donors (Lipinski definition) is 2. The Labute approximate surface area is 167 Å². The number of aromatic amines is 1. The molecule has 3 heterocycles. The zero-order chi connectivity index (χ0) is 19.3. The fourth-order valence-corrected chi connectivity index (χ4v) is 4.57. The fourth-order valence-electron chi connectivity index (χ4n) is 4.57. The molecule has 2 fully saturated rings. The smallest absolute Gasteiger partial charge is 0.193 e. The van der Waals surface area contributed by atoms with Crippen molar-refractivity contribution in [1.82, 2.24) is 20.1 Å². The lowest BCUT2D eigenvalue weighted by molar-refractivity contribution is 0.281. The number of hydrogen-bond acceptors (Lipinski definition) is 2. The average molecular weight is 386 g/mol. The number of guanidine groups is 1. The molecule has 2 aliphatic rings. The molecule has 0 aliphatic carbocycles. The Morgan fingerprint density at radius 1 is 1.29 bits per heavy atom. The SMILES string of the molecule is CCNC(=NCCc1c[nH]c2ccc(F)cc12)N1CCC(CN2CCCC2)C1. The predicted octanol–water partition coefficient (Wildman–Crippen LogP) is 3.23.